The maximum Gasteiger partial charge on any atom is 0.326 e. The van der Waals surface area contributed by atoms with Gasteiger partial charge in [-0.2, -0.15) is 0 Å². The van der Waals surface area contributed by atoms with Gasteiger partial charge in [0.25, 0.3) is 0 Å². The number of hydrogen-bond donors (Lipinski definition) is 2. The Morgan fingerprint density at radius 3 is 2.57 bits per heavy atom. The Hall–Kier alpha value is -1.77. The molecule has 0 aliphatic carbocycles. The first-order chi connectivity index (χ1) is 11.0. The van der Waals surface area contributed by atoms with E-state index in [0.717, 1.165) is 0 Å². The third kappa shape index (κ3) is 7.87. The number of carboxylic acid groups (broad SMARTS) is 1. The zero-order valence-electron chi connectivity index (χ0n) is 12.9. The fourth-order valence-corrected chi connectivity index (χ4v) is 2.86. The highest BCUT2D eigenvalue weighted by Gasteiger charge is 2.21. The number of amides is 1. The molecule has 7 nitrogen and oxygen atoms in total. The summed E-state index contributed by atoms with van der Waals surface area (Å²) in [5.41, 5.74) is 0. The molecule has 0 unspecified atom stereocenters. The molecule has 1 aromatic rings. The maximum atomic E-state index is 12.1. The molecule has 2 N–H and O–H groups in total. The van der Waals surface area contributed by atoms with E-state index < -0.39 is 28.7 Å². The molecule has 23 heavy (non-hydrogen) atoms. The first kappa shape index (κ1) is 19.3. The Balaban J connectivity index is 2.41. The van der Waals surface area contributed by atoms with Crippen LogP contribution in [0.1, 0.15) is 6.42 Å². The normalized spacial score (nSPS) is 13.3. The number of ether oxygens (including phenoxy) is 2. The van der Waals surface area contributed by atoms with Crippen molar-refractivity contribution in [1.82, 2.24) is 5.32 Å². The second-order valence-electron chi connectivity index (χ2n) is 4.66. The van der Waals surface area contributed by atoms with E-state index in [1.165, 1.54) is 7.11 Å². The Morgan fingerprint density at radius 1 is 1.26 bits per heavy atom. The number of aliphatic carboxylic acids is 1. The van der Waals surface area contributed by atoms with Gasteiger partial charge in [0.05, 0.1) is 24.0 Å². The van der Waals surface area contributed by atoms with Gasteiger partial charge in [0, 0.05) is 17.8 Å². The molecule has 0 spiro atoms. The largest absolute Gasteiger partial charge is 0.480 e. The molecule has 0 saturated carbocycles. The third-order valence-corrected chi connectivity index (χ3v) is 4.30. The van der Waals surface area contributed by atoms with Crippen molar-refractivity contribution in [2.24, 2.45) is 0 Å². The number of benzene rings is 1. The molecular weight excluding hydrogens is 322 g/mol. The van der Waals surface area contributed by atoms with E-state index in [4.69, 9.17) is 14.6 Å². The van der Waals surface area contributed by atoms with Crippen LogP contribution >= 0.6 is 0 Å². The molecule has 8 heteroatoms. The predicted octanol–water partition coefficient (Wildman–Crippen LogP) is 0.417. The highest BCUT2D eigenvalue weighted by molar-refractivity contribution is 7.85. The van der Waals surface area contributed by atoms with Crippen molar-refractivity contribution in [2.45, 2.75) is 17.4 Å². The van der Waals surface area contributed by atoms with Crippen LogP contribution in [-0.4, -0.2) is 59.9 Å². The van der Waals surface area contributed by atoms with Crippen molar-refractivity contribution in [3.63, 3.8) is 0 Å². The van der Waals surface area contributed by atoms with E-state index in [9.17, 15) is 13.8 Å². The van der Waals surface area contributed by atoms with Crippen molar-refractivity contribution in [3.8, 4) is 0 Å². The first-order valence-electron chi connectivity index (χ1n) is 7.07. The van der Waals surface area contributed by atoms with E-state index in [-0.39, 0.29) is 25.4 Å². The fraction of sp³-hybridized carbons (Fsp3) is 0.467. The van der Waals surface area contributed by atoms with Gasteiger partial charge < -0.3 is 19.9 Å². The zero-order valence-corrected chi connectivity index (χ0v) is 13.7. The molecule has 0 aliphatic heterocycles. The van der Waals surface area contributed by atoms with Crippen LogP contribution in [0, 0.1) is 0 Å². The molecular formula is C15H21NO6S. The van der Waals surface area contributed by atoms with Crippen LogP contribution in [0.2, 0.25) is 0 Å². The minimum Gasteiger partial charge on any atom is -0.480 e. The summed E-state index contributed by atoms with van der Waals surface area (Å²) in [6.07, 6.45) is 0.0701. The fourth-order valence-electron chi connectivity index (χ4n) is 1.72. The summed E-state index contributed by atoms with van der Waals surface area (Å²) in [5.74, 6) is -1.55. The molecule has 1 amide bonds. The van der Waals surface area contributed by atoms with Crippen LogP contribution in [0.25, 0.3) is 0 Å². The van der Waals surface area contributed by atoms with Gasteiger partial charge in [-0.3, -0.25) is 9.00 Å². The molecule has 0 aromatic heterocycles. The summed E-state index contributed by atoms with van der Waals surface area (Å²) in [5, 5.41) is 11.5. The molecule has 0 saturated heterocycles. The maximum absolute atomic E-state index is 12.1. The number of carboxylic acids is 1. The summed E-state index contributed by atoms with van der Waals surface area (Å²) in [6, 6.07) is 7.68. The highest BCUT2D eigenvalue weighted by atomic mass is 32.2. The Morgan fingerprint density at radius 2 is 1.96 bits per heavy atom. The van der Waals surface area contributed by atoms with E-state index in [1.807, 2.05) is 6.07 Å². The summed E-state index contributed by atoms with van der Waals surface area (Å²) >= 11 is 0. The van der Waals surface area contributed by atoms with Crippen LogP contribution in [0.4, 0.5) is 0 Å². The van der Waals surface area contributed by atoms with Crippen LogP contribution in [0.15, 0.2) is 35.2 Å². The van der Waals surface area contributed by atoms with Gasteiger partial charge in [-0.25, -0.2) is 4.79 Å². The molecule has 128 valence electrons. The molecule has 0 bridgehead atoms. The van der Waals surface area contributed by atoms with Gasteiger partial charge in [0.1, 0.15) is 12.6 Å². The molecule has 0 fully saturated rings. The number of methoxy groups -OCH3 is 1. The van der Waals surface area contributed by atoms with E-state index in [2.05, 4.69) is 5.32 Å². The van der Waals surface area contributed by atoms with Gasteiger partial charge in [-0.1, -0.05) is 18.2 Å². The van der Waals surface area contributed by atoms with Gasteiger partial charge in [0.2, 0.25) is 5.91 Å². The second kappa shape index (κ2) is 10.9. The lowest BCUT2D eigenvalue weighted by atomic mass is 10.2. The summed E-state index contributed by atoms with van der Waals surface area (Å²) in [6.45, 7) is 0.361. The summed E-state index contributed by atoms with van der Waals surface area (Å²) in [7, 11) is 0.205. The molecule has 1 rings (SSSR count). The van der Waals surface area contributed by atoms with E-state index >= 15 is 0 Å². The summed E-state index contributed by atoms with van der Waals surface area (Å²) in [4.78, 5) is 23.4. The summed E-state index contributed by atoms with van der Waals surface area (Å²) < 4.78 is 21.9. The van der Waals surface area contributed by atoms with Crippen LogP contribution in [-0.2, 0) is 29.9 Å². The van der Waals surface area contributed by atoms with Crippen LogP contribution in [0.3, 0.4) is 0 Å². The Labute approximate surface area is 137 Å². The molecule has 0 aliphatic rings. The third-order valence-electron chi connectivity index (χ3n) is 2.90. The van der Waals surface area contributed by atoms with Crippen molar-refractivity contribution >= 4 is 22.7 Å². The second-order valence-corrected chi connectivity index (χ2v) is 6.23. The monoisotopic (exact) mass is 343 g/mol. The lowest BCUT2D eigenvalue weighted by Crippen LogP contribution is -2.43. The highest BCUT2D eigenvalue weighted by Crippen LogP contribution is 2.08. The van der Waals surface area contributed by atoms with Crippen LogP contribution < -0.4 is 5.32 Å². The van der Waals surface area contributed by atoms with Crippen molar-refractivity contribution in [2.75, 3.05) is 32.7 Å². The number of hydrogen-bond acceptors (Lipinski definition) is 5. The molecule has 1 aromatic carbocycles. The van der Waals surface area contributed by atoms with Gasteiger partial charge in [-0.05, 0) is 18.6 Å². The van der Waals surface area contributed by atoms with Crippen LogP contribution in [0.5, 0.6) is 0 Å². The standard InChI is InChI=1S/C15H21NO6S/c1-21-8-9-22-11-14(17)16-13(15(18)19)7-10-23(20)12-5-3-2-4-6-12/h2-6,13H,7-11H2,1H3,(H,16,17)(H,18,19)/t13-,23-/m1/s1. The Bertz CT molecular complexity index is 522. The van der Waals surface area contributed by atoms with E-state index in [0.29, 0.717) is 11.5 Å². The average Bonchev–Trinajstić information content (AvgIpc) is 2.55. The zero-order chi connectivity index (χ0) is 17.1. The molecule has 0 heterocycles. The van der Waals surface area contributed by atoms with Gasteiger partial charge in [0.15, 0.2) is 0 Å². The number of rotatable bonds is 11. The lowest BCUT2D eigenvalue weighted by Gasteiger charge is -2.14. The lowest BCUT2D eigenvalue weighted by molar-refractivity contribution is -0.142. The van der Waals surface area contributed by atoms with Gasteiger partial charge in [-0.15, -0.1) is 0 Å². The predicted molar refractivity (Wildman–Crippen MR) is 84.6 cm³/mol. The van der Waals surface area contributed by atoms with Crippen molar-refractivity contribution in [1.29, 1.82) is 0 Å². The van der Waals surface area contributed by atoms with E-state index in [1.54, 1.807) is 24.3 Å². The quantitative estimate of drug-likeness (QED) is 0.565. The number of nitrogens with one attached hydrogen (secondary N) is 1. The van der Waals surface area contributed by atoms with Crippen molar-refractivity contribution in [3.05, 3.63) is 30.3 Å². The Kier molecular flexibility index (Phi) is 9.11. The average molecular weight is 343 g/mol. The minimum atomic E-state index is -1.31. The first-order valence-corrected chi connectivity index (χ1v) is 8.38. The topological polar surface area (TPSA) is 102 Å². The SMILES string of the molecule is COCCOCC(=O)N[C@H](CC[S@@](=O)c1ccccc1)C(=O)O. The van der Waals surface area contributed by atoms with Crippen molar-refractivity contribution < 1.29 is 28.4 Å². The molecule has 0 radical (unpaired) electrons. The minimum absolute atomic E-state index is 0.0701. The number of carbonyl (C=O) groups is 2. The molecule has 2 atom stereocenters. The smallest absolute Gasteiger partial charge is 0.326 e. The van der Waals surface area contributed by atoms with Gasteiger partial charge >= 0.3 is 5.97 Å². The number of carbonyl (C=O) groups excluding carboxylic acids is 1.